The van der Waals surface area contributed by atoms with E-state index >= 15 is 0 Å². The number of hydrogen-bond acceptors (Lipinski definition) is 2. The highest BCUT2D eigenvalue weighted by molar-refractivity contribution is 6.06. The van der Waals surface area contributed by atoms with Crippen LogP contribution in [0.2, 0.25) is 0 Å². The van der Waals surface area contributed by atoms with Crippen LogP contribution in [-0.4, -0.2) is 15.6 Å². The van der Waals surface area contributed by atoms with Crippen LogP contribution < -0.4 is 0 Å². The van der Waals surface area contributed by atoms with E-state index < -0.39 is 11.7 Å². The lowest BCUT2D eigenvalue weighted by Gasteiger charge is -2.06. The van der Waals surface area contributed by atoms with Gasteiger partial charge in [0.05, 0.1) is 11.8 Å². The Morgan fingerprint density at radius 3 is 2.40 bits per heavy atom. The minimum absolute atomic E-state index is 0.207. The van der Waals surface area contributed by atoms with Crippen molar-refractivity contribution in [2.75, 3.05) is 0 Å². The van der Waals surface area contributed by atoms with Crippen molar-refractivity contribution in [3.05, 3.63) is 59.4 Å². The molecule has 0 fully saturated rings. The van der Waals surface area contributed by atoms with Gasteiger partial charge in [-0.2, -0.15) is 18.3 Å². The topological polar surface area (TPSA) is 34.9 Å². The largest absolute Gasteiger partial charge is 0.416 e. The van der Waals surface area contributed by atoms with Gasteiger partial charge in [-0.15, -0.1) is 0 Å². The number of nitrogens with zero attached hydrogens (tertiary/aromatic N) is 2. The molecule has 0 N–H and O–H groups in total. The molecule has 104 valence electrons. The number of allylic oxidation sites excluding steroid dienone is 1. The molecule has 0 unspecified atom stereocenters. The van der Waals surface area contributed by atoms with Gasteiger partial charge >= 0.3 is 6.18 Å². The zero-order chi connectivity index (χ0) is 14.8. The molecule has 0 bridgehead atoms. The van der Waals surface area contributed by atoms with Crippen molar-refractivity contribution < 1.29 is 18.0 Å². The lowest BCUT2D eigenvalue weighted by molar-refractivity contribution is -0.137. The molecule has 1 aromatic carbocycles. The van der Waals surface area contributed by atoms with Gasteiger partial charge in [-0.1, -0.05) is 12.1 Å². The van der Waals surface area contributed by atoms with Crippen molar-refractivity contribution in [3.8, 4) is 0 Å². The molecule has 0 spiro atoms. The number of alkyl halides is 3. The summed E-state index contributed by atoms with van der Waals surface area (Å²) >= 11 is 0. The third-order valence-electron chi connectivity index (χ3n) is 2.65. The Bertz CT molecular complexity index is 639. The summed E-state index contributed by atoms with van der Waals surface area (Å²) in [7, 11) is 1.75. The fraction of sp³-hybridized carbons (Fsp3) is 0.143. The van der Waals surface area contributed by atoms with Crippen LogP contribution in [0.15, 0.2) is 42.7 Å². The van der Waals surface area contributed by atoms with Gasteiger partial charge in [0.2, 0.25) is 0 Å². The Morgan fingerprint density at radius 1 is 1.25 bits per heavy atom. The molecule has 20 heavy (non-hydrogen) atoms. The summed E-state index contributed by atoms with van der Waals surface area (Å²) in [4.78, 5) is 11.8. The second kappa shape index (κ2) is 5.32. The fourth-order valence-corrected chi connectivity index (χ4v) is 1.62. The first-order chi connectivity index (χ1) is 9.36. The van der Waals surface area contributed by atoms with Crippen LogP contribution in [0.5, 0.6) is 0 Å². The molecular weight excluding hydrogens is 269 g/mol. The first kappa shape index (κ1) is 14.0. The van der Waals surface area contributed by atoms with Crippen molar-refractivity contribution in [2.24, 2.45) is 7.05 Å². The molecule has 1 aromatic heterocycles. The van der Waals surface area contributed by atoms with E-state index in [4.69, 9.17) is 0 Å². The second-order valence-electron chi connectivity index (χ2n) is 4.22. The SMILES string of the molecule is Cn1cc(/C=C\C(=O)c2ccc(C(F)(F)F)cc2)cn1. The van der Waals surface area contributed by atoms with E-state index in [2.05, 4.69) is 5.10 Å². The molecular formula is C14H11F3N2O. The van der Waals surface area contributed by atoms with Crippen LogP contribution in [0.4, 0.5) is 13.2 Å². The van der Waals surface area contributed by atoms with E-state index in [9.17, 15) is 18.0 Å². The number of hydrogen-bond donors (Lipinski definition) is 0. The van der Waals surface area contributed by atoms with Crippen molar-refractivity contribution >= 4 is 11.9 Å². The van der Waals surface area contributed by atoms with Gasteiger partial charge < -0.3 is 0 Å². The molecule has 0 radical (unpaired) electrons. The molecule has 2 aromatic rings. The molecule has 0 saturated heterocycles. The van der Waals surface area contributed by atoms with Crippen LogP contribution in [0, 0.1) is 0 Å². The summed E-state index contributed by atoms with van der Waals surface area (Å²) in [5, 5.41) is 3.94. The third kappa shape index (κ3) is 3.34. The summed E-state index contributed by atoms with van der Waals surface area (Å²) in [6, 6.07) is 4.12. The third-order valence-corrected chi connectivity index (χ3v) is 2.65. The quantitative estimate of drug-likeness (QED) is 0.638. The molecule has 0 aliphatic heterocycles. The molecule has 6 heteroatoms. The van der Waals surface area contributed by atoms with Gasteiger partial charge in [-0.05, 0) is 24.3 Å². The lowest BCUT2D eigenvalue weighted by atomic mass is 10.1. The summed E-state index contributed by atoms with van der Waals surface area (Å²) < 4.78 is 38.7. The molecule has 1 heterocycles. The Labute approximate surface area is 113 Å². The number of halogens is 3. The van der Waals surface area contributed by atoms with Crippen molar-refractivity contribution in [3.63, 3.8) is 0 Å². The molecule has 2 rings (SSSR count). The Morgan fingerprint density at radius 2 is 1.90 bits per heavy atom. The minimum Gasteiger partial charge on any atom is -0.289 e. The molecule has 0 amide bonds. The molecule has 0 saturated carbocycles. The number of aryl methyl sites for hydroxylation is 1. The summed E-state index contributed by atoms with van der Waals surface area (Å²) in [5.74, 6) is -0.359. The maximum atomic E-state index is 12.4. The van der Waals surface area contributed by atoms with Crippen molar-refractivity contribution in [1.29, 1.82) is 0 Å². The highest BCUT2D eigenvalue weighted by Gasteiger charge is 2.30. The number of ketones is 1. The van der Waals surface area contributed by atoms with Gasteiger partial charge in [0.1, 0.15) is 0 Å². The van der Waals surface area contributed by atoms with E-state index in [1.807, 2.05) is 0 Å². The smallest absolute Gasteiger partial charge is 0.289 e. The Balaban J connectivity index is 2.12. The number of carbonyl (C=O) groups excluding carboxylic acids is 1. The number of benzene rings is 1. The molecule has 3 nitrogen and oxygen atoms in total. The predicted molar refractivity (Wildman–Crippen MR) is 68.0 cm³/mol. The maximum absolute atomic E-state index is 12.4. The van der Waals surface area contributed by atoms with Gasteiger partial charge in [0.15, 0.2) is 5.78 Å². The molecule has 0 aliphatic rings. The first-order valence-corrected chi connectivity index (χ1v) is 5.74. The maximum Gasteiger partial charge on any atom is 0.416 e. The minimum atomic E-state index is -4.40. The average molecular weight is 280 g/mol. The fourth-order valence-electron chi connectivity index (χ4n) is 1.62. The number of aromatic nitrogens is 2. The highest BCUT2D eigenvalue weighted by atomic mass is 19.4. The monoisotopic (exact) mass is 280 g/mol. The van der Waals surface area contributed by atoms with Crippen LogP contribution in [-0.2, 0) is 13.2 Å². The predicted octanol–water partition coefficient (Wildman–Crippen LogP) is 3.34. The molecule has 0 atom stereocenters. The van der Waals surface area contributed by atoms with Crippen LogP contribution in [0.1, 0.15) is 21.5 Å². The molecule has 0 aliphatic carbocycles. The van der Waals surface area contributed by atoms with Gasteiger partial charge in [0.25, 0.3) is 0 Å². The standard InChI is InChI=1S/C14H11F3N2O/c1-19-9-10(8-18-19)2-7-13(20)11-3-5-12(6-4-11)14(15,16)17/h2-9H,1H3/b7-2-. The average Bonchev–Trinajstić information content (AvgIpc) is 2.81. The Kier molecular flexibility index (Phi) is 3.74. The van der Waals surface area contributed by atoms with Crippen LogP contribution in [0.3, 0.4) is 0 Å². The summed E-state index contributed by atoms with van der Waals surface area (Å²) in [5.41, 5.74) is 0.177. The van der Waals surface area contributed by atoms with Gasteiger partial charge in [0, 0.05) is 24.4 Å². The normalized spacial score (nSPS) is 12.0. The lowest BCUT2D eigenvalue weighted by Crippen LogP contribution is -2.05. The van der Waals surface area contributed by atoms with Gasteiger partial charge in [-0.25, -0.2) is 0 Å². The van der Waals surface area contributed by atoms with Crippen molar-refractivity contribution in [1.82, 2.24) is 9.78 Å². The van der Waals surface area contributed by atoms with E-state index in [-0.39, 0.29) is 11.3 Å². The summed E-state index contributed by atoms with van der Waals surface area (Å²) in [6.45, 7) is 0. The van der Waals surface area contributed by atoms with Gasteiger partial charge in [-0.3, -0.25) is 9.48 Å². The van der Waals surface area contributed by atoms with E-state index in [0.717, 1.165) is 17.7 Å². The van der Waals surface area contributed by atoms with E-state index in [1.54, 1.807) is 30.2 Å². The van der Waals surface area contributed by atoms with E-state index in [1.165, 1.54) is 18.2 Å². The summed E-state index contributed by atoms with van der Waals surface area (Å²) in [6.07, 6.45) is 1.77. The van der Waals surface area contributed by atoms with Crippen molar-refractivity contribution in [2.45, 2.75) is 6.18 Å². The first-order valence-electron chi connectivity index (χ1n) is 5.74. The van der Waals surface area contributed by atoms with Crippen LogP contribution in [0.25, 0.3) is 6.08 Å². The van der Waals surface area contributed by atoms with Crippen LogP contribution >= 0.6 is 0 Å². The second-order valence-corrected chi connectivity index (χ2v) is 4.22. The Hall–Kier alpha value is -2.37. The highest BCUT2D eigenvalue weighted by Crippen LogP contribution is 2.29. The zero-order valence-electron chi connectivity index (χ0n) is 10.6. The van der Waals surface area contributed by atoms with E-state index in [0.29, 0.717) is 0 Å². The number of carbonyl (C=O) groups is 1. The number of rotatable bonds is 3. The zero-order valence-corrected chi connectivity index (χ0v) is 10.6.